The Morgan fingerprint density at radius 2 is 1.90 bits per heavy atom. The number of aryl methyl sites for hydroxylation is 1. The van der Waals surface area contributed by atoms with Gasteiger partial charge in [-0.2, -0.15) is 9.97 Å². The van der Waals surface area contributed by atoms with Gasteiger partial charge in [0.2, 0.25) is 0 Å². The molecule has 49 heavy (non-hydrogen) atoms. The van der Waals surface area contributed by atoms with Gasteiger partial charge in [0.25, 0.3) is 0 Å². The van der Waals surface area contributed by atoms with Crippen LogP contribution in [0, 0.1) is 11.6 Å². The van der Waals surface area contributed by atoms with Gasteiger partial charge < -0.3 is 19.7 Å². The molecule has 0 spiro atoms. The second kappa shape index (κ2) is 11.9. The minimum absolute atomic E-state index is 0.0163. The van der Waals surface area contributed by atoms with E-state index in [1.54, 1.807) is 6.07 Å². The van der Waals surface area contributed by atoms with E-state index in [0.717, 1.165) is 31.9 Å². The number of nitrogens with one attached hydrogen (secondary N) is 1. The Morgan fingerprint density at radius 3 is 2.69 bits per heavy atom. The van der Waals surface area contributed by atoms with Gasteiger partial charge in [0.1, 0.15) is 29.8 Å². The SMILES string of the molecule is CC[C@@H]1N[C@H](C)CN2c3nc(OC[C@@]45CCCN4C[C@H](F)C5)nc4c(F)c(-c5cccc6ccc(F)c(OC(F)(F)F)c56)nc(c34)CC[C@H]12. The number of anilines is 1. The molecule has 4 aliphatic heterocycles. The van der Waals surface area contributed by atoms with Gasteiger partial charge in [-0.3, -0.25) is 4.90 Å². The molecule has 0 saturated carbocycles. The highest BCUT2D eigenvalue weighted by Gasteiger charge is 2.49. The second-order valence-electron chi connectivity index (χ2n) is 13.8. The van der Waals surface area contributed by atoms with E-state index < -0.39 is 35.5 Å². The molecule has 14 heteroatoms. The third-order valence-corrected chi connectivity index (χ3v) is 10.7. The zero-order chi connectivity index (χ0) is 34.2. The molecule has 1 N–H and O–H groups in total. The van der Waals surface area contributed by atoms with E-state index in [-0.39, 0.29) is 58.3 Å². The molecule has 8 nitrogen and oxygen atoms in total. The molecule has 0 bridgehead atoms. The average molecular weight is 687 g/mol. The molecule has 4 aromatic rings. The second-order valence-corrected chi connectivity index (χ2v) is 13.8. The molecule has 260 valence electrons. The number of pyridine rings is 1. The maximum Gasteiger partial charge on any atom is 0.573 e. The fourth-order valence-corrected chi connectivity index (χ4v) is 8.67. The Hall–Kier alpha value is -3.91. The van der Waals surface area contributed by atoms with E-state index in [1.807, 2.05) is 0 Å². The van der Waals surface area contributed by atoms with E-state index in [2.05, 4.69) is 38.7 Å². The highest BCUT2D eigenvalue weighted by Crippen LogP contribution is 2.45. The summed E-state index contributed by atoms with van der Waals surface area (Å²) in [4.78, 5) is 18.5. The first kappa shape index (κ1) is 32.3. The predicted octanol–water partition coefficient (Wildman–Crippen LogP) is 6.87. The zero-order valence-corrected chi connectivity index (χ0v) is 27.1. The average Bonchev–Trinajstić information content (AvgIpc) is 3.54. The molecule has 0 unspecified atom stereocenters. The Bertz CT molecular complexity index is 1940. The Kier molecular flexibility index (Phi) is 7.82. The Morgan fingerprint density at radius 1 is 1.06 bits per heavy atom. The lowest BCUT2D eigenvalue weighted by atomic mass is 9.95. The summed E-state index contributed by atoms with van der Waals surface area (Å²) in [6.45, 7) is 5.99. The number of fused-ring (bicyclic) bond motifs is 4. The number of hydrogen-bond acceptors (Lipinski definition) is 8. The minimum atomic E-state index is -5.20. The van der Waals surface area contributed by atoms with Crippen molar-refractivity contribution in [1.82, 2.24) is 25.2 Å². The quantitative estimate of drug-likeness (QED) is 0.221. The predicted molar refractivity (Wildman–Crippen MR) is 172 cm³/mol. The summed E-state index contributed by atoms with van der Waals surface area (Å²) in [5.74, 6) is -2.74. The third-order valence-electron chi connectivity index (χ3n) is 10.7. The minimum Gasteiger partial charge on any atom is -0.461 e. The number of nitrogens with zero attached hydrogens (tertiary/aromatic N) is 5. The van der Waals surface area contributed by atoms with Crippen LogP contribution in [0.3, 0.4) is 0 Å². The van der Waals surface area contributed by atoms with Crippen molar-refractivity contribution in [3.05, 3.63) is 47.7 Å². The van der Waals surface area contributed by atoms with Crippen LogP contribution in [-0.2, 0) is 6.42 Å². The zero-order valence-electron chi connectivity index (χ0n) is 27.1. The topological polar surface area (TPSA) is 75.6 Å². The molecule has 0 radical (unpaired) electrons. The molecule has 4 aliphatic rings. The molecular formula is C35H36F6N6O2. The van der Waals surface area contributed by atoms with E-state index in [9.17, 15) is 22.0 Å². The summed E-state index contributed by atoms with van der Waals surface area (Å²) in [7, 11) is 0. The highest BCUT2D eigenvalue weighted by molar-refractivity contribution is 6.03. The van der Waals surface area contributed by atoms with Crippen LogP contribution < -0.4 is 19.7 Å². The van der Waals surface area contributed by atoms with Crippen LogP contribution in [-0.4, -0.2) is 82.3 Å². The summed E-state index contributed by atoms with van der Waals surface area (Å²) >= 11 is 0. The number of piperazine rings is 1. The summed E-state index contributed by atoms with van der Waals surface area (Å²) in [6, 6.07) is 6.74. The first-order chi connectivity index (χ1) is 23.4. The molecule has 3 fully saturated rings. The van der Waals surface area contributed by atoms with Crippen LogP contribution in [0.4, 0.5) is 32.2 Å². The standard InChI is InChI=1S/C35H36F6N6O2/c1-3-23-25-11-10-24-27-30(28(38)29(43-24)21-7-4-6-19-8-9-22(37)31(26(19)21)49-35(39,40)41)44-33(45-32(27)47(25)15-18(2)42-23)48-17-34-12-5-13-46(34)16-20(36)14-34/h4,6-9,18,20,23,25,42H,3,5,10-17H2,1-2H3/t18-,20-,23+,25-,34+/m1/s1. The van der Waals surface area contributed by atoms with Crippen molar-refractivity contribution in [2.24, 2.45) is 0 Å². The van der Waals surface area contributed by atoms with E-state index >= 15 is 4.39 Å². The fraction of sp³-hybridized carbons (Fsp3) is 0.514. The van der Waals surface area contributed by atoms with Crippen LogP contribution in [0.1, 0.15) is 51.6 Å². The molecule has 2 aromatic carbocycles. The molecular weight excluding hydrogens is 650 g/mol. The summed E-state index contributed by atoms with van der Waals surface area (Å²) in [5, 5.41) is 4.02. The normalized spacial score (nSPS) is 27.0. The Labute approximate surface area is 278 Å². The van der Waals surface area contributed by atoms with E-state index in [1.165, 1.54) is 18.2 Å². The monoisotopic (exact) mass is 686 g/mol. The van der Waals surface area contributed by atoms with Crippen molar-refractivity contribution in [3.63, 3.8) is 0 Å². The lowest BCUT2D eigenvalue weighted by Gasteiger charge is -2.45. The van der Waals surface area contributed by atoms with Gasteiger partial charge in [0.05, 0.1) is 16.6 Å². The first-order valence-corrected chi connectivity index (χ1v) is 16.9. The summed E-state index contributed by atoms with van der Waals surface area (Å²) in [5.41, 5.74) is -0.467. The van der Waals surface area contributed by atoms with Crippen molar-refractivity contribution in [2.45, 2.75) is 88.6 Å². The van der Waals surface area contributed by atoms with Gasteiger partial charge in [0, 0.05) is 48.6 Å². The molecule has 3 saturated heterocycles. The summed E-state index contributed by atoms with van der Waals surface area (Å²) < 4.78 is 97.6. The molecule has 0 aliphatic carbocycles. The van der Waals surface area contributed by atoms with Crippen molar-refractivity contribution in [1.29, 1.82) is 0 Å². The number of alkyl halides is 4. The molecule has 0 amide bonds. The summed E-state index contributed by atoms with van der Waals surface area (Å²) in [6.07, 6.45) is -2.28. The van der Waals surface area contributed by atoms with Gasteiger partial charge in [0.15, 0.2) is 17.4 Å². The number of rotatable bonds is 6. The first-order valence-electron chi connectivity index (χ1n) is 16.9. The molecule has 5 atom stereocenters. The van der Waals surface area contributed by atoms with Crippen LogP contribution in [0.5, 0.6) is 11.8 Å². The van der Waals surface area contributed by atoms with E-state index in [4.69, 9.17) is 14.7 Å². The molecule has 6 heterocycles. The van der Waals surface area contributed by atoms with Gasteiger partial charge in [-0.25, -0.2) is 18.2 Å². The van der Waals surface area contributed by atoms with Crippen molar-refractivity contribution < 1.29 is 35.8 Å². The van der Waals surface area contributed by atoms with Gasteiger partial charge >= 0.3 is 12.4 Å². The van der Waals surface area contributed by atoms with Crippen molar-refractivity contribution in [3.8, 4) is 23.0 Å². The number of ether oxygens (including phenoxy) is 2. The lowest BCUT2D eigenvalue weighted by Crippen LogP contribution is -2.61. The molecule has 8 rings (SSSR count). The largest absolute Gasteiger partial charge is 0.573 e. The van der Waals surface area contributed by atoms with Gasteiger partial charge in [-0.1, -0.05) is 31.2 Å². The van der Waals surface area contributed by atoms with Gasteiger partial charge in [-0.15, -0.1) is 13.2 Å². The van der Waals surface area contributed by atoms with Crippen LogP contribution in [0.25, 0.3) is 32.9 Å². The number of hydrogen-bond donors (Lipinski definition) is 1. The van der Waals surface area contributed by atoms with Crippen molar-refractivity contribution in [2.75, 3.05) is 31.1 Å². The Balaban J connectivity index is 1.32. The number of halogens is 6. The maximum absolute atomic E-state index is 17.1. The van der Waals surface area contributed by atoms with Gasteiger partial charge in [-0.05, 0) is 57.0 Å². The number of benzene rings is 2. The van der Waals surface area contributed by atoms with Crippen LogP contribution >= 0.6 is 0 Å². The molecule has 2 aromatic heterocycles. The highest BCUT2D eigenvalue weighted by atomic mass is 19.4. The van der Waals surface area contributed by atoms with E-state index in [0.29, 0.717) is 49.2 Å². The maximum atomic E-state index is 17.1. The third kappa shape index (κ3) is 5.51. The smallest absolute Gasteiger partial charge is 0.461 e. The number of aromatic nitrogens is 3. The van der Waals surface area contributed by atoms with Crippen molar-refractivity contribution >= 4 is 27.5 Å². The lowest BCUT2D eigenvalue weighted by molar-refractivity contribution is -0.275. The fourth-order valence-electron chi connectivity index (χ4n) is 8.67. The van der Waals surface area contributed by atoms with Crippen LogP contribution in [0.2, 0.25) is 0 Å². The van der Waals surface area contributed by atoms with Crippen LogP contribution in [0.15, 0.2) is 30.3 Å².